The molecule has 4 atom stereocenters. The summed E-state index contributed by atoms with van der Waals surface area (Å²) in [6.07, 6.45) is 1.14. The van der Waals surface area contributed by atoms with Crippen LogP contribution in [0.25, 0.3) is 0 Å². The molecule has 0 radical (unpaired) electrons. The maximum atomic E-state index is 12.5. The van der Waals surface area contributed by atoms with Gasteiger partial charge in [-0.1, -0.05) is 29.8 Å². The monoisotopic (exact) mass is 322 g/mol. The molecule has 1 aromatic carbocycles. The Bertz CT molecular complexity index is 692. The number of rotatable bonds is 4. The summed E-state index contributed by atoms with van der Waals surface area (Å²) in [7, 11) is -3.78. The van der Waals surface area contributed by atoms with E-state index >= 15 is 0 Å². The van der Waals surface area contributed by atoms with E-state index in [1.807, 2.05) is 20.8 Å². The Kier molecular flexibility index (Phi) is 3.70. The molecule has 22 heavy (non-hydrogen) atoms. The molecule has 0 spiro atoms. The van der Waals surface area contributed by atoms with Crippen molar-refractivity contribution < 1.29 is 17.3 Å². The summed E-state index contributed by atoms with van der Waals surface area (Å²) in [6, 6.07) is 6.70. The molecule has 0 amide bonds. The summed E-state index contributed by atoms with van der Waals surface area (Å²) < 4.78 is 36.3. The molecule has 1 heterocycles. The van der Waals surface area contributed by atoms with E-state index < -0.39 is 21.8 Å². The molecule has 0 N–H and O–H groups in total. The van der Waals surface area contributed by atoms with Crippen LogP contribution in [0.3, 0.4) is 0 Å². The zero-order chi connectivity index (χ0) is 16.1. The molecule has 1 aliphatic heterocycles. The Morgan fingerprint density at radius 2 is 1.95 bits per heavy atom. The standard InChI is InChI=1S/C17H22O4S/c1-11(2)13-9-15-17(4,20-15)16(10-13)21-22(18,19)14-7-5-12(3)6-8-14/h5-8,13,15-16H,1,9-10H2,2-4H3/t13-,15-,16+,17-/m1/s1. The number of ether oxygens (including phenoxy) is 1. The maximum absolute atomic E-state index is 12.5. The molecular weight excluding hydrogens is 300 g/mol. The molecule has 4 nitrogen and oxygen atoms in total. The number of fused-ring (bicyclic) bond motifs is 1. The average molecular weight is 322 g/mol. The average Bonchev–Trinajstić information content (AvgIpc) is 3.11. The number of benzene rings is 1. The van der Waals surface area contributed by atoms with Crippen LogP contribution in [0.4, 0.5) is 0 Å². The number of hydrogen-bond donors (Lipinski definition) is 0. The summed E-state index contributed by atoms with van der Waals surface area (Å²) in [5, 5.41) is 0. The normalized spacial score (nSPS) is 34.0. The molecular formula is C17H22O4S. The van der Waals surface area contributed by atoms with E-state index in [0.717, 1.165) is 17.6 Å². The first-order chi connectivity index (χ1) is 10.2. The van der Waals surface area contributed by atoms with Crippen molar-refractivity contribution in [3.05, 3.63) is 42.0 Å². The van der Waals surface area contributed by atoms with Crippen LogP contribution in [0.1, 0.15) is 32.3 Å². The molecule has 1 aromatic rings. The summed E-state index contributed by atoms with van der Waals surface area (Å²) in [5.74, 6) is 0.249. The van der Waals surface area contributed by atoms with Crippen LogP contribution < -0.4 is 0 Å². The first-order valence-electron chi connectivity index (χ1n) is 7.55. The second kappa shape index (κ2) is 5.18. The van der Waals surface area contributed by atoms with Crippen LogP contribution in [0, 0.1) is 12.8 Å². The lowest BCUT2D eigenvalue weighted by molar-refractivity contribution is 0.0919. The van der Waals surface area contributed by atoms with Gasteiger partial charge in [0.05, 0.1) is 11.0 Å². The lowest BCUT2D eigenvalue weighted by Gasteiger charge is -2.30. The highest BCUT2D eigenvalue weighted by Gasteiger charge is 2.63. The Hall–Kier alpha value is -1.17. The van der Waals surface area contributed by atoms with Gasteiger partial charge in [-0.3, -0.25) is 4.18 Å². The quantitative estimate of drug-likeness (QED) is 0.485. The SMILES string of the molecule is C=C(C)[C@H]1C[C@H](OS(=O)(=O)c2ccc(C)cc2)[C@]2(C)O[C@@H]2C1. The van der Waals surface area contributed by atoms with Gasteiger partial charge in [-0.2, -0.15) is 8.42 Å². The largest absolute Gasteiger partial charge is 0.363 e. The molecule has 5 heteroatoms. The van der Waals surface area contributed by atoms with Gasteiger partial charge in [0.2, 0.25) is 0 Å². The number of aryl methyl sites for hydroxylation is 1. The van der Waals surface area contributed by atoms with Gasteiger partial charge in [-0.15, -0.1) is 0 Å². The maximum Gasteiger partial charge on any atom is 0.297 e. The molecule has 1 saturated carbocycles. The van der Waals surface area contributed by atoms with E-state index in [1.54, 1.807) is 24.3 Å². The predicted octanol–water partition coefficient (Wildman–Crippen LogP) is 3.21. The van der Waals surface area contributed by atoms with Crippen LogP contribution in [0.2, 0.25) is 0 Å². The molecule has 2 aliphatic rings. The molecule has 1 aliphatic carbocycles. The minimum Gasteiger partial charge on any atom is -0.363 e. The van der Waals surface area contributed by atoms with E-state index in [-0.39, 0.29) is 16.9 Å². The fourth-order valence-electron chi connectivity index (χ4n) is 3.14. The van der Waals surface area contributed by atoms with E-state index in [0.29, 0.717) is 6.42 Å². The number of epoxide rings is 1. The summed E-state index contributed by atoms with van der Waals surface area (Å²) in [6.45, 7) is 9.81. The van der Waals surface area contributed by atoms with Gasteiger partial charge in [0.1, 0.15) is 11.7 Å². The summed E-state index contributed by atoms with van der Waals surface area (Å²) in [4.78, 5) is 0.191. The van der Waals surface area contributed by atoms with Crippen LogP contribution in [-0.2, 0) is 19.0 Å². The molecule has 3 rings (SSSR count). The molecule has 0 bridgehead atoms. The topological polar surface area (TPSA) is 55.9 Å². The van der Waals surface area contributed by atoms with Crippen LogP contribution in [0.15, 0.2) is 41.3 Å². The third-order valence-electron chi connectivity index (χ3n) is 4.86. The Balaban J connectivity index is 1.81. The van der Waals surface area contributed by atoms with Gasteiger partial charge >= 0.3 is 0 Å². The fraction of sp³-hybridized carbons (Fsp3) is 0.529. The van der Waals surface area contributed by atoms with Crippen molar-refractivity contribution in [1.29, 1.82) is 0 Å². The van der Waals surface area contributed by atoms with Gasteiger partial charge in [-0.25, -0.2) is 0 Å². The van der Waals surface area contributed by atoms with Crippen molar-refractivity contribution in [2.24, 2.45) is 5.92 Å². The molecule has 2 fully saturated rings. The zero-order valence-electron chi connectivity index (χ0n) is 13.2. The van der Waals surface area contributed by atoms with Crippen LogP contribution in [-0.4, -0.2) is 26.2 Å². The molecule has 120 valence electrons. The second-order valence-corrected chi connectivity index (χ2v) is 8.23. The van der Waals surface area contributed by atoms with Gasteiger partial charge in [0, 0.05) is 0 Å². The summed E-state index contributed by atoms with van der Waals surface area (Å²) >= 11 is 0. The van der Waals surface area contributed by atoms with Crippen molar-refractivity contribution >= 4 is 10.1 Å². The van der Waals surface area contributed by atoms with E-state index in [9.17, 15) is 8.42 Å². The first-order valence-corrected chi connectivity index (χ1v) is 8.96. The summed E-state index contributed by atoms with van der Waals surface area (Å²) in [5.41, 5.74) is 1.58. The van der Waals surface area contributed by atoms with Gasteiger partial charge in [0.15, 0.2) is 0 Å². The van der Waals surface area contributed by atoms with Crippen molar-refractivity contribution in [1.82, 2.24) is 0 Å². The Morgan fingerprint density at radius 1 is 1.32 bits per heavy atom. The smallest absolute Gasteiger partial charge is 0.297 e. The van der Waals surface area contributed by atoms with E-state index in [4.69, 9.17) is 8.92 Å². The fourth-order valence-corrected chi connectivity index (χ4v) is 4.29. The number of hydrogen-bond acceptors (Lipinski definition) is 4. The lowest BCUT2D eigenvalue weighted by Crippen LogP contribution is -2.40. The molecule has 1 saturated heterocycles. The molecule has 0 aromatic heterocycles. The Labute approximate surface area is 132 Å². The highest BCUT2D eigenvalue weighted by Crippen LogP contribution is 2.52. The minimum atomic E-state index is -3.78. The zero-order valence-corrected chi connectivity index (χ0v) is 14.0. The highest BCUT2D eigenvalue weighted by atomic mass is 32.2. The van der Waals surface area contributed by atoms with Gasteiger partial charge in [-0.05, 0) is 51.7 Å². The predicted molar refractivity (Wildman–Crippen MR) is 84.1 cm³/mol. The van der Waals surface area contributed by atoms with Crippen LogP contribution >= 0.6 is 0 Å². The molecule has 0 unspecified atom stereocenters. The van der Waals surface area contributed by atoms with Gasteiger partial charge in [0.25, 0.3) is 10.1 Å². The van der Waals surface area contributed by atoms with Crippen molar-refractivity contribution in [2.75, 3.05) is 0 Å². The van der Waals surface area contributed by atoms with Crippen LogP contribution in [0.5, 0.6) is 0 Å². The van der Waals surface area contributed by atoms with E-state index in [1.165, 1.54) is 0 Å². The number of allylic oxidation sites excluding steroid dienone is 1. The van der Waals surface area contributed by atoms with Crippen molar-refractivity contribution in [3.8, 4) is 0 Å². The third-order valence-corrected chi connectivity index (χ3v) is 6.20. The first kappa shape index (κ1) is 15.7. The third kappa shape index (κ3) is 2.73. The van der Waals surface area contributed by atoms with E-state index in [2.05, 4.69) is 6.58 Å². The Morgan fingerprint density at radius 3 is 2.55 bits per heavy atom. The second-order valence-electron chi connectivity index (χ2n) is 6.66. The van der Waals surface area contributed by atoms with Crippen molar-refractivity contribution in [2.45, 2.75) is 56.3 Å². The highest BCUT2D eigenvalue weighted by molar-refractivity contribution is 7.86. The minimum absolute atomic E-state index is 0.0705. The lowest BCUT2D eigenvalue weighted by atomic mass is 9.78. The van der Waals surface area contributed by atoms with Crippen molar-refractivity contribution in [3.63, 3.8) is 0 Å². The van der Waals surface area contributed by atoms with Gasteiger partial charge < -0.3 is 4.74 Å².